The summed E-state index contributed by atoms with van der Waals surface area (Å²) in [5.74, 6) is -2.61. The van der Waals surface area contributed by atoms with Crippen molar-refractivity contribution in [2.45, 2.75) is 31.4 Å². The molecule has 116 valence electrons. The number of hydrogen-bond donors (Lipinski definition) is 2. The third kappa shape index (κ3) is 4.82. The minimum absolute atomic E-state index is 0.241. The lowest BCUT2D eigenvalue weighted by atomic mass is 10.2. The van der Waals surface area contributed by atoms with E-state index in [2.05, 4.69) is 10.6 Å². The normalized spacial score (nSPS) is 21.8. The number of benzene rings is 1. The monoisotopic (exact) mass is 318 g/mol. The molecule has 1 aliphatic rings. The van der Waals surface area contributed by atoms with E-state index < -0.39 is 30.8 Å². The Labute approximate surface area is 126 Å². The van der Waals surface area contributed by atoms with Gasteiger partial charge in [-0.3, -0.25) is 10.1 Å². The van der Waals surface area contributed by atoms with Crippen LogP contribution in [0.4, 0.5) is 8.78 Å². The molecule has 1 saturated heterocycles. The van der Waals surface area contributed by atoms with Crippen molar-refractivity contribution in [1.29, 1.82) is 0 Å². The van der Waals surface area contributed by atoms with Gasteiger partial charge in [-0.1, -0.05) is 11.6 Å². The highest BCUT2D eigenvalue weighted by Gasteiger charge is 2.42. The summed E-state index contributed by atoms with van der Waals surface area (Å²) < 4.78 is 31.6. The summed E-state index contributed by atoms with van der Waals surface area (Å²) in [5, 5.41) is 5.72. The molecule has 2 atom stereocenters. The van der Waals surface area contributed by atoms with Gasteiger partial charge in [-0.05, 0) is 31.2 Å². The van der Waals surface area contributed by atoms with Crippen molar-refractivity contribution in [1.82, 2.24) is 10.6 Å². The van der Waals surface area contributed by atoms with Gasteiger partial charge in [0.15, 0.2) is 0 Å². The van der Waals surface area contributed by atoms with Gasteiger partial charge in [0, 0.05) is 11.4 Å². The second-order valence-corrected chi connectivity index (χ2v) is 5.56. The van der Waals surface area contributed by atoms with E-state index in [9.17, 15) is 13.6 Å². The minimum Gasteiger partial charge on any atom is -0.489 e. The van der Waals surface area contributed by atoms with Crippen molar-refractivity contribution in [3.05, 3.63) is 29.3 Å². The second-order valence-electron chi connectivity index (χ2n) is 5.12. The largest absolute Gasteiger partial charge is 0.489 e. The number of alkyl halides is 2. The highest BCUT2D eigenvalue weighted by Crippen LogP contribution is 2.25. The first-order valence-corrected chi connectivity index (χ1v) is 7.05. The number of ether oxygens (including phenoxy) is 1. The number of hydrogen-bond acceptors (Lipinski definition) is 3. The maximum absolute atomic E-state index is 13.0. The van der Waals surface area contributed by atoms with E-state index in [0.717, 1.165) is 0 Å². The molecule has 0 radical (unpaired) electrons. The highest BCUT2D eigenvalue weighted by atomic mass is 35.5. The van der Waals surface area contributed by atoms with Gasteiger partial charge < -0.3 is 10.1 Å². The lowest BCUT2D eigenvalue weighted by Gasteiger charge is -2.17. The molecule has 0 aliphatic carbocycles. The Morgan fingerprint density at radius 2 is 2.19 bits per heavy atom. The lowest BCUT2D eigenvalue weighted by Crippen LogP contribution is -2.43. The summed E-state index contributed by atoms with van der Waals surface area (Å²) in [4.78, 5) is 11.8. The van der Waals surface area contributed by atoms with E-state index in [1.807, 2.05) is 0 Å². The van der Waals surface area contributed by atoms with Crippen LogP contribution in [0.2, 0.25) is 5.02 Å². The van der Waals surface area contributed by atoms with Gasteiger partial charge in [-0.25, -0.2) is 8.78 Å². The molecule has 0 saturated carbocycles. The minimum atomic E-state index is -2.81. The van der Waals surface area contributed by atoms with Gasteiger partial charge in [0.2, 0.25) is 5.91 Å². The molecule has 0 bridgehead atoms. The van der Waals surface area contributed by atoms with Crippen LogP contribution < -0.4 is 15.4 Å². The van der Waals surface area contributed by atoms with Crippen molar-refractivity contribution in [2.24, 2.45) is 0 Å². The smallest absolute Gasteiger partial charge is 0.262 e. The third-order valence-corrected chi connectivity index (χ3v) is 3.39. The molecule has 1 heterocycles. The molecular weight excluding hydrogens is 302 g/mol. The molecule has 0 spiro atoms. The number of carbonyl (C=O) groups excluding carboxylic acids is 1. The molecule has 1 amide bonds. The first kappa shape index (κ1) is 16.0. The van der Waals surface area contributed by atoms with Crippen LogP contribution in [0.15, 0.2) is 24.3 Å². The SMILES string of the molecule is CC(CNC(=O)C1CC(F)(F)CN1)Oc1ccc(Cl)cc1. The van der Waals surface area contributed by atoms with E-state index in [1.165, 1.54) is 0 Å². The molecule has 4 nitrogen and oxygen atoms in total. The molecule has 2 N–H and O–H groups in total. The van der Waals surface area contributed by atoms with Crippen LogP contribution in [0.1, 0.15) is 13.3 Å². The van der Waals surface area contributed by atoms with Gasteiger partial charge in [0.05, 0.1) is 19.1 Å². The number of nitrogens with one attached hydrogen (secondary N) is 2. The molecule has 0 aromatic heterocycles. The van der Waals surface area contributed by atoms with Crippen LogP contribution in [0.5, 0.6) is 5.75 Å². The molecule has 1 aliphatic heterocycles. The summed E-state index contributed by atoms with van der Waals surface area (Å²) in [6.45, 7) is 1.57. The van der Waals surface area contributed by atoms with E-state index in [0.29, 0.717) is 10.8 Å². The van der Waals surface area contributed by atoms with Crippen LogP contribution in [-0.4, -0.2) is 37.1 Å². The topological polar surface area (TPSA) is 50.4 Å². The van der Waals surface area contributed by atoms with Crippen molar-refractivity contribution >= 4 is 17.5 Å². The van der Waals surface area contributed by atoms with E-state index in [4.69, 9.17) is 16.3 Å². The number of carbonyl (C=O) groups is 1. The van der Waals surface area contributed by atoms with E-state index >= 15 is 0 Å². The Balaban J connectivity index is 1.75. The molecule has 2 rings (SSSR count). The predicted octanol–water partition coefficient (Wildman–Crippen LogP) is 2.22. The summed E-state index contributed by atoms with van der Waals surface area (Å²) in [6, 6.07) is 6.00. The average molecular weight is 319 g/mol. The first-order chi connectivity index (χ1) is 9.85. The van der Waals surface area contributed by atoms with Crippen LogP contribution in [0.3, 0.4) is 0 Å². The standard InChI is InChI=1S/C14H17ClF2N2O2/c1-9(21-11-4-2-10(15)3-5-11)7-18-13(20)12-6-14(16,17)8-19-12/h2-5,9,12,19H,6-8H2,1H3,(H,18,20). The fourth-order valence-corrected chi connectivity index (χ4v) is 2.18. The number of rotatable bonds is 5. The summed E-state index contributed by atoms with van der Waals surface area (Å²) in [6.07, 6.45) is -0.748. The average Bonchev–Trinajstić information content (AvgIpc) is 2.79. The zero-order chi connectivity index (χ0) is 15.5. The second kappa shape index (κ2) is 6.58. The molecule has 2 unspecified atom stereocenters. The van der Waals surface area contributed by atoms with Gasteiger partial charge >= 0.3 is 0 Å². The maximum Gasteiger partial charge on any atom is 0.262 e. The maximum atomic E-state index is 13.0. The van der Waals surface area contributed by atoms with Crippen LogP contribution in [-0.2, 0) is 4.79 Å². The Kier molecular flexibility index (Phi) is 5.00. The lowest BCUT2D eigenvalue weighted by molar-refractivity contribution is -0.123. The summed E-state index contributed by atoms with van der Waals surface area (Å²) in [5.41, 5.74) is 0. The van der Waals surface area contributed by atoms with E-state index in [-0.39, 0.29) is 12.6 Å². The summed E-state index contributed by atoms with van der Waals surface area (Å²) in [7, 11) is 0. The first-order valence-electron chi connectivity index (χ1n) is 6.67. The predicted molar refractivity (Wildman–Crippen MR) is 75.9 cm³/mol. The van der Waals surface area contributed by atoms with Crippen LogP contribution >= 0.6 is 11.6 Å². The van der Waals surface area contributed by atoms with Gasteiger partial charge in [-0.15, -0.1) is 0 Å². The Morgan fingerprint density at radius 1 is 1.52 bits per heavy atom. The van der Waals surface area contributed by atoms with Crippen LogP contribution in [0.25, 0.3) is 0 Å². The zero-order valence-electron chi connectivity index (χ0n) is 11.5. The molecule has 21 heavy (non-hydrogen) atoms. The van der Waals surface area contributed by atoms with Crippen molar-refractivity contribution in [3.63, 3.8) is 0 Å². The Hall–Kier alpha value is -1.40. The van der Waals surface area contributed by atoms with E-state index in [1.54, 1.807) is 31.2 Å². The fraction of sp³-hybridized carbons (Fsp3) is 0.500. The van der Waals surface area contributed by atoms with Crippen molar-refractivity contribution in [3.8, 4) is 5.75 Å². The Bertz CT molecular complexity index is 496. The number of halogens is 3. The molecule has 7 heteroatoms. The highest BCUT2D eigenvalue weighted by molar-refractivity contribution is 6.30. The molecule has 1 fully saturated rings. The quantitative estimate of drug-likeness (QED) is 0.875. The van der Waals surface area contributed by atoms with Gasteiger partial charge in [-0.2, -0.15) is 0 Å². The molecular formula is C14H17ClF2N2O2. The molecule has 1 aromatic carbocycles. The fourth-order valence-electron chi connectivity index (χ4n) is 2.06. The molecule has 1 aromatic rings. The van der Waals surface area contributed by atoms with Crippen LogP contribution in [0, 0.1) is 0 Å². The number of amides is 1. The zero-order valence-corrected chi connectivity index (χ0v) is 12.3. The summed E-state index contributed by atoms with van der Waals surface area (Å²) >= 11 is 5.77. The third-order valence-electron chi connectivity index (χ3n) is 3.14. The van der Waals surface area contributed by atoms with Crippen molar-refractivity contribution < 1.29 is 18.3 Å². The van der Waals surface area contributed by atoms with Gasteiger partial charge in [0.1, 0.15) is 11.9 Å². The van der Waals surface area contributed by atoms with Crippen molar-refractivity contribution in [2.75, 3.05) is 13.1 Å². The Morgan fingerprint density at radius 3 is 2.76 bits per heavy atom. The van der Waals surface area contributed by atoms with Gasteiger partial charge in [0.25, 0.3) is 5.92 Å².